The second-order valence-electron chi connectivity index (χ2n) is 11.0. The number of hydrazine groups is 1. The number of ether oxygens (including phenoxy) is 2. The summed E-state index contributed by atoms with van der Waals surface area (Å²) in [4.78, 5) is 67.8. The number of halogens is 4. The Labute approximate surface area is 285 Å². The van der Waals surface area contributed by atoms with Crippen LogP contribution in [-0.4, -0.2) is 62.8 Å². The highest BCUT2D eigenvalue weighted by atomic mass is 79.9. The van der Waals surface area contributed by atoms with Gasteiger partial charge in [0.2, 0.25) is 0 Å². The van der Waals surface area contributed by atoms with E-state index in [0.717, 1.165) is 10.0 Å². The largest absolute Gasteiger partial charge is 0.497 e. The van der Waals surface area contributed by atoms with E-state index in [1.54, 1.807) is 18.2 Å². The molecule has 1 aliphatic heterocycles. The van der Waals surface area contributed by atoms with Gasteiger partial charge in [-0.25, -0.2) is 9.80 Å². The van der Waals surface area contributed by atoms with E-state index in [9.17, 15) is 24.0 Å². The fourth-order valence-electron chi connectivity index (χ4n) is 6.46. The lowest BCUT2D eigenvalue weighted by Gasteiger charge is -2.31. The molecule has 1 heterocycles. The van der Waals surface area contributed by atoms with Gasteiger partial charge < -0.3 is 9.47 Å². The number of carbonyl (C=O) groups excluding carboxylic acids is 5. The highest BCUT2D eigenvalue weighted by Gasteiger charge is 2.67. The molecule has 3 aromatic rings. The van der Waals surface area contributed by atoms with Gasteiger partial charge in [-0.3, -0.25) is 19.2 Å². The molecule has 0 N–H and O–H groups in total. The van der Waals surface area contributed by atoms with Crippen LogP contribution in [0.5, 0.6) is 11.5 Å². The van der Waals surface area contributed by atoms with E-state index in [2.05, 4.69) is 31.9 Å². The molecule has 3 aromatic carbocycles. The van der Waals surface area contributed by atoms with E-state index in [1.165, 1.54) is 55.6 Å². The first-order valence-corrected chi connectivity index (χ1v) is 16.5. The monoisotopic (exact) mass is 776 g/mol. The van der Waals surface area contributed by atoms with Crippen LogP contribution in [0.25, 0.3) is 0 Å². The van der Waals surface area contributed by atoms with E-state index >= 15 is 0 Å². The summed E-state index contributed by atoms with van der Waals surface area (Å²) < 4.78 is 10.6. The van der Waals surface area contributed by atoms with Crippen molar-refractivity contribution in [1.82, 2.24) is 10.0 Å². The second kappa shape index (κ2) is 12.5. The zero-order valence-corrected chi connectivity index (χ0v) is 28.2. The fourth-order valence-corrected chi connectivity index (χ4v) is 8.82. The number of benzene rings is 3. The Hall–Kier alpha value is -3.25. The lowest BCUT2D eigenvalue weighted by Crippen LogP contribution is -2.52. The average molecular weight is 779 g/mol. The van der Waals surface area contributed by atoms with Crippen LogP contribution in [0.4, 0.5) is 0 Å². The predicted octanol–water partition coefficient (Wildman–Crippen LogP) is 6.24. The Kier molecular flexibility index (Phi) is 8.82. The number of alkyl halides is 2. The van der Waals surface area contributed by atoms with Crippen LogP contribution in [0, 0.1) is 23.7 Å². The average Bonchev–Trinajstić information content (AvgIpc) is 3.64. The van der Waals surface area contributed by atoms with Crippen LogP contribution < -0.4 is 9.47 Å². The Morgan fingerprint density at radius 3 is 2.11 bits per heavy atom. The topological polar surface area (TPSA) is 110 Å². The molecule has 6 atom stereocenters. The molecular weight excluding hydrogens is 755 g/mol. The number of amides is 3. The van der Waals surface area contributed by atoms with Gasteiger partial charge in [-0.2, -0.15) is 5.01 Å². The Morgan fingerprint density at radius 1 is 0.867 bits per heavy atom. The van der Waals surface area contributed by atoms with Crippen molar-refractivity contribution in [1.29, 1.82) is 0 Å². The SMILES string of the molecule is COc1cccc(C(=O)Oc2ccc(C(=O)CN(C(=O)c3ccc(Cl)cc3Cl)N3C(=O)[C@@H]4[C@H]5C[C@@H]([C@H](Br)[C@@H]5Br)[C@@H]4C3=O)cc2)c1. The van der Waals surface area contributed by atoms with Gasteiger partial charge in [0.1, 0.15) is 18.0 Å². The zero-order valence-electron chi connectivity index (χ0n) is 23.5. The van der Waals surface area contributed by atoms with Crippen LogP contribution in [0.3, 0.4) is 0 Å². The van der Waals surface area contributed by atoms with Crippen molar-refractivity contribution in [3.05, 3.63) is 93.5 Å². The molecule has 2 bridgehead atoms. The zero-order chi connectivity index (χ0) is 32.2. The number of ketones is 1. The molecule has 2 aliphatic carbocycles. The molecule has 2 saturated carbocycles. The summed E-state index contributed by atoms with van der Waals surface area (Å²) in [7, 11) is 1.49. The molecule has 45 heavy (non-hydrogen) atoms. The maximum atomic E-state index is 13.9. The van der Waals surface area contributed by atoms with Gasteiger partial charge in [-0.15, -0.1) is 0 Å². The second-order valence-corrected chi connectivity index (χ2v) is 14.0. The van der Waals surface area contributed by atoms with Crippen LogP contribution in [-0.2, 0) is 9.59 Å². The van der Waals surface area contributed by atoms with Gasteiger partial charge in [0.05, 0.1) is 35.1 Å². The minimum atomic E-state index is -0.798. The van der Waals surface area contributed by atoms with Crippen molar-refractivity contribution in [2.75, 3.05) is 13.7 Å². The van der Waals surface area contributed by atoms with Crippen molar-refractivity contribution in [3.8, 4) is 11.5 Å². The lowest BCUT2D eigenvalue weighted by molar-refractivity contribution is -0.154. The predicted molar refractivity (Wildman–Crippen MR) is 172 cm³/mol. The standard InChI is InChI=1S/C32H24Br2Cl2N2O7/c1-44-19-4-2-3-16(11-19)32(43)45-18-8-5-15(6-9-18)24(39)14-37(29(40)20-10-7-17(35)12-23(20)36)38-30(41)25-21-13-22(26(25)31(38)42)28(34)27(21)33/h2-12,21-22,25-28H,13-14H2,1H3/t21-,22-,25-,26+,27-,28+/m1/s1. The highest BCUT2D eigenvalue weighted by molar-refractivity contribution is 9.12. The molecule has 6 rings (SSSR count). The molecule has 0 radical (unpaired) electrons. The van der Waals surface area contributed by atoms with Crippen molar-refractivity contribution in [2.24, 2.45) is 23.7 Å². The van der Waals surface area contributed by atoms with Gasteiger partial charge in [0, 0.05) is 20.2 Å². The van der Waals surface area contributed by atoms with Gasteiger partial charge >= 0.3 is 5.97 Å². The number of rotatable bonds is 8. The molecule has 3 aliphatic rings. The molecular formula is C32H24Br2Cl2N2O7. The summed E-state index contributed by atoms with van der Waals surface area (Å²) in [6.45, 7) is -0.623. The number of fused-ring (bicyclic) bond motifs is 5. The molecule has 0 unspecified atom stereocenters. The number of carbonyl (C=O) groups is 5. The van der Waals surface area contributed by atoms with Crippen molar-refractivity contribution in [2.45, 2.75) is 16.1 Å². The number of hydrogen-bond donors (Lipinski definition) is 0. The van der Waals surface area contributed by atoms with E-state index in [4.69, 9.17) is 32.7 Å². The normalized spacial score (nSPS) is 24.9. The minimum Gasteiger partial charge on any atom is -0.497 e. The molecule has 1 saturated heterocycles. The van der Waals surface area contributed by atoms with Crippen LogP contribution in [0.1, 0.15) is 37.5 Å². The first kappa shape index (κ1) is 31.7. The molecule has 13 heteroatoms. The first-order chi connectivity index (χ1) is 21.5. The summed E-state index contributed by atoms with van der Waals surface area (Å²) in [5, 5.41) is 2.00. The van der Waals surface area contributed by atoms with E-state index in [1.807, 2.05) is 0 Å². The minimum absolute atomic E-state index is 0.00604. The summed E-state index contributed by atoms with van der Waals surface area (Å²) in [5.74, 6) is -3.74. The molecule has 9 nitrogen and oxygen atoms in total. The van der Waals surface area contributed by atoms with E-state index < -0.39 is 47.9 Å². The maximum Gasteiger partial charge on any atom is 0.343 e. The van der Waals surface area contributed by atoms with Crippen molar-refractivity contribution >= 4 is 84.5 Å². The van der Waals surface area contributed by atoms with E-state index in [0.29, 0.717) is 12.2 Å². The number of nitrogens with zero attached hydrogens (tertiary/aromatic N) is 2. The van der Waals surface area contributed by atoms with Gasteiger partial charge in [0.15, 0.2) is 5.78 Å². The quantitative estimate of drug-likeness (QED) is 0.0876. The highest BCUT2D eigenvalue weighted by Crippen LogP contribution is 2.60. The summed E-state index contributed by atoms with van der Waals surface area (Å²) >= 11 is 19.7. The van der Waals surface area contributed by atoms with Crippen LogP contribution in [0.15, 0.2) is 66.7 Å². The molecule has 232 valence electrons. The van der Waals surface area contributed by atoms with Crippen LogP contribution in [0.2, 0.25) is 10.0 Å². The van der Waals surface area contributed by atoms with Gasteiger partial charge in [-0.1, -0.05) is 61.1 Å². The third-order valence-corrected chi connectivity index (χ3v) is 12.3. The van der Waals surface area contributed by atoms with Crippen molar-refractivity contribution in [3.63, 3.8) is 0 Å². The number of imide groups is 1. The number of esters is 1. The summed E-state index contributed by atoms with van der Waals surface area (Å²) in [5.41, 5.74) is 0.419. The number of Topliss-reactive ketones (excluding diaryl/α,β-unsaturated/α-hetero) is 1. The molecule has 3 fully saturated rings. The van der Waals surface area contributed by atoms with Gasteiger partial charge in [-0.05, 0) is 78.9 Å². The van der Waals surface area contributed by atoms with Crippen molar-refractivity contribution < 1.29 is 33.4 Å². The number of hydrogen-bond acceptors (Lipinski definition) is 7. The number of methoxy groups -OCH3 is 1. The third kappa shape index (κ3) is 5.68. The first-order valence-electron chi connectivity index (χ1n) is 13.9. The van der Waals surface area contributed by atoms with Crippen LogP contribution >= 0.6 is 55.1 Å². The molecule has 3 amide bonds. The smallest absolute Gasteiger partial charge is 0.343 e. The Balaban J connectivity index is 1.25. The molecule has 0 spiro atoms. The maximum absolute atomic E-state index is 13.9. The third-order valence-electron chi connectivity index (χ3n) is 8.59. The summed E-state index contributed by atoms with van der Waals surface area (Å²) in [6.07, 6.45) is 0.705. The Bertz CT molecular complexity index is 1700. The van der Waals surface area contributed by atoms with Gasteiger partial charge in [0.25, 0.3) is 17.7 Å². The summed E-state index contributed by atoms with van der Waals surface area (Å²) in [6, 6.07) is 16.4. The fraction of sp³-hybridized carbons (Fsp3) is 0.281. The lowest BCUT2D eigenvalue weighted by atomic mass is 9.81. The molecule has 0 aromatic heterocycles. The Morgan fingerprint density at radius 2 is 1.51 bits per heavy atom. The van der Waals surface area contributed by atoms with E-state index in [-0.39, 0.29) is 54.0 Å².